The Morgan fingerprint density at radius 2 is 1.76 bits per heavy atom. The minimum absolute atomic E-state index is 0.217. The quantitative estimate of drug-likeness (QED) is 0.605. The van der Waals surface area contributed by atoms with Crippen molar-refractivity contribution in [3.63, 3.8) is 0 Å². The highest BCUT2D eigenvalue weighted by Crippen LogP contribution is 2.14. The Morgan fingerprint density at radius 1 is 1.18 bits per heavy atom. The number of hydrogen-bond donors (Lipinski definition) is 2. The van der Waals surface area contributed by atoms with Crippen LogP contribution in [0.1, 0.15) is 25.7 Å². The highest BCUT2D eigenvalue weighted by Gasteiger charge is 2.18. The second-order valence-corrected chi connectivity index (χ2v) is 9.72. The van der Waals surface area contributed by atoms with E-state index in [0.717, 1.165) is 0 Å². The zero-order chi connectivity index (χ0) is 13.5. The summed E-state index contributed by atoms with van der Waals surface area (Å²) in [4.78, 5) is 21.8. The predicted molar refractivity (Wildman–Crippen MR) is 69.6 cm³/mol. The third kappa shape index (κ3) is 10.0. The lowest BCUT2D eigenvalue weighted by atomic mass is 9.98. The van der Waals surface area contributed by atoms with Crippen LogP contribution in [-0.4, -0.2) is 26.7 Å². The monoisotopic (exact) mass is 260 g/mol. The molecule has 1 atom stereocenters. The van der Waals surface area contributed by atoms with Crippen LogP contribution >= 0.6 is 0 Å². The van der Waals surface area contributed by atoms with Crippen LogP contribution < -0.4 is 11.5 Å². The van der Waals surface area contributed by atoms with Crippen molar-refractivity contribution in [1.82, 2.24) is 0 Å². The Kier molecular flexibility index (Phi) is 7.06. The average molecular weight is 260 g/mol. The van der Waals surface area contributed by atoms with Gasteiger partial charge in [-0.1, -0.05) is 0 Å². The van der Waals surface area contributed by atoms with Gasteiger partial charge < -0.3 is 15.9 Å². The molecule has 2 amide bonds. The summed E-state index contributed by atoms with van der Waals surface area (Å²) in [6, 6.07) is 0. The molecule has 0 radical (unpaired) electrons. The lowest BCUT2D eigenvalue weighted by Gasteiger charge is -2.19. The molecular formula is C11H24N2O3Si. The van der Waals surface area contributed by atoms with Crippen LogP contribution in [0.2, 0.25) is 19.6 Å². The Morgan fingerprint density at radius 3 is 2.18 bits per heavy atom. The highest BCUT2D eigenvalue weighted by molar-refractivity contribution is 6.69. The van der Waals surface area contributed by atoms with Gasteiger partial charge in [-0.2, -0.15) is 0 Å². The van der Waals surface area contributed by atoms with E-state index in [1.807, 2.05) is 0 Å². The molecule has 4 N–H and O–H groups in total. The molecular weight excluding hydrogens is 236 g/mol. The molecule has 0 aromatic heterocycles. The first-order valence-corrected chi connectivity index (χ1v) is 9.35. The van der Waals surface area contributed by atoms with Gasteiger partial charge in [-0.15, -0.1) is 0 Å². The molecule has 0 aliphatic heterocycles. The van der Waals surface area contributed by atoms with Gasteiger partial charge in [0.25, 0.3) is 0 Å². The summed E-state index contributed by atoms with van der Waals surface area (Å²) in [6.45, 7) is 6.85. The van der Waals surface area contributed by atoms with Crippen molar-refractivity contribution >= 4 is 20.1 Å². The molecule has 17 heavy (non-hydrogen) atoms. The van der Waals surface area contributed by atoms with E-state index >= 15 is 0 Å². The molecule has 100 valence electrons. The van der Waals surface area contributed by atoms with Crippen LogP contribution in [0.25, 0.3) is 0 Å². The smallest absolute Gasteiger partial charge is 0.220 e. The minimum Gasteiger partial charge on any atom is -0.418 e. The summed E-state index contributed by atoms with van der Waals surface area (Å²) >= 11 is 0. The standard InChI is InChI=1S/C11H24N2O3Si/c1-17(2,3)16-8-7-9(11(13)15)5-4-6-10(12)14/h9H,4-8H2,1-3H3,(H2,12,14)(H2,13,15). The van der Waals surface area contributed by atoms with Crippen LogP contribution in [0.15, 0.2) is 0 Å². The van der Waals surface area contributed by atoms with Gasteiger partial charge in [0.2, 0.25) is 11.8 Å². The van der Waals surface area contributed by atoms with Crippen LogP contribution in [0.3, 0.4) is 0 Å². The number of hydrogen-bond acceptors (Lipinski definition) is 3. The molecule has 0 aromatic carbocycles. The summed E-state index contributed by atoms with van der Waals surface area (Å²) < 4.78 is 5.68. The van der Waals surface area contributed by atoms with Gasteiger partial charge in [0, 0.05) is 18.9 Å². The Hall–Kier alpha value is -0.883. The summed E-state index contributed by atoms with van der Waals surface area (Å²) in [7, 11) is -1.53. The third-order valence-corrected chi connectivity index (χ3v) is 3.45. The molecule has 0 fully saturated rings. The molecule has 1 unspecified atom stereocenters. The zero-order valence-corrected chi connectivity index (χ0v) is 12.0. The van der Waals surface area contributed by atoms with Crippen LogP contribution in [-0.2, 0) is 14.0 Å². The predicted octanol–water partition coefficient (Wildman–Crippen LogP) is 0.985. The Bertz CT molecular complexity index is 264. The number of rotatable bonds is 9. The van der Waals surface area contributed by atoms with E-state index in [4.69, 9.17) is 15.9 Å². The molecule has 0 bridgehead atoms. The molecule has 0 rings (SSSR count). The van der Waals surface area contributed by atoms with Gasteiger partial charge in [-0.25, -0.2) is 0 Å². The van der Waals surface area contributed by atoms with Crippen molar-refractivity contribution in [3.05, 3.63) is 0 Å². The highest BCUT2D eigenvalue weighted by atomic mass is 28.4. The topological polar surface area (TPSA) is 95.4 Å². The summed E-state index contributed by atoms with van der Waals surface area (Å²) in [5.41, 5.74) is 10.3. The van der Waals surface area contributed by atoms with E-state index in [1.165, 1.54) is 0 Å². The van der Waals surface area contributed by atoms with E-state index < -0.39 is 8.32 Å². The number of carbonyl (C=O) groups excluding carboxylic acids is 2. The lowest BCUT2D eigenvalue weighted by molar-refractivity contribution is -0.123. The molecule has 6 heteroatoms. The van der Waals surface area contributed by atoms with Crippen molar-refractivity contribution in [3.8, 4) is 0 Å². The SMILES string of the molecule is C[Si](C)(C)OCCC(CCCC(N)=O)C(N)=O. The van der Waals surface area contributed by atoms with Crippen molar-refractivity contribution in [1.29, 1.82) is 0 Å². The minimum atomic E-state index is -1.53. The molecule has 0 spiro atoms. The van der Waals surface area contributed by atoms with Crippen molar-refractivity contribution in [2.45, 2.75) is 45.3 Å². The van der Waals surface area contributed by atoms with Gasteiger partial charge in [0.1, 0.15) is 0 Å². The second-order valence-electron chi connectivity index (χ2n) is 5.21. The first-order chi connectivity index (χ1) is 7.72. The molecule has 0 heterocycles. The van der Waals surface area contributed by atoms with Gasteiger partial charge in [-0.05, 0) is 38.9 Å². The molecule has 0 saturated carbocycles. The molecule has 0 aliphatic carbocycles. The Balaban J connectivity index is 3.91. The van der Waals surface area contributed by atoms with Crippen LogP contribution in [0, 0.1) is 5.92 Å². The first-order valence-electron chi connectivity index (χ1n) is 5.94. The van der Waals surface area contributed by atoms with E-state index in [-0.39, 0.29) is 17.7 Å². The number of primary amides is 2. The fourth-order valence-corrected chi connectivity index (χ4v) is 2.19. The van der Waals surface area contributed by atoms with Gasteiger partial charge in [0.05, 0.1) is 0 Å². The molecule has 0 saturated heterocycles. The fraction of sp³-hybridized carbons (Fsp3) is 0.818. The van der Waals surface area contributed by atoms with E-state index in [0.29, 0.717) is 32.3 Å². The van der Waals surface area contributed by atoms with E-state index in [9.17, 15) is 9.59 Å². The maximum Gasteiger partial charge on any atom is 0.220 e. The number of carbonyl (C=O) groups is 2. The summed E-state index contributed by atoms with van der Waals surface area (Å²) in [6.07, 6.45) is 2.14. The molecule has 0 aromatic rings. The lowest BCUT2D eigenvalue weighted by Crippen LogP contribution is -2.29. The summed E-state index contributed by atoms with van der Waals surface area (Å²) in [5.74, 6) is -0.883. The maximum atomic E-state index is 11.2. The normalized spacial score (nSPS) is 13.4. The van der Waals surface area contributed by atoms with Crippen molar-refractivity contribution in [2.75, 3.05) is 6.61 Å². The van der Waals surface area contributed by atoms with E-state index in [2.05, 4.69) is 19.6 Å². The second kappa shape index (κ2) is 7.44. The van der Waals surface area contributed by atoms with Crippen LogP contribution in [0.5, 0.6) is 0 Å². The first kappa shape index (κ1) is 16.1. The number of nitrogens with two attached hydrogens (primary N) is 2. The van der Waals surface area contributed by atoms with Gasteiger partial charge in [0.15, 0.2) is 8.32 Å². The van der Waals surface area contributed by atoms with E-state index in [1.54, 1.807) is 0 Å². The fourth-order valence-electron chi connectivity index (χ4n) is 1.46. The zero-order valence-electron chi connectivity index (χ0n) is 11.0. The Labute approximate surface area is 104 Å². The summed E-state index contributed by atoms with van der Waals surface area (Å²) in [5, 5.41) is 0. The largest absolute Gasteiger partial charge is 0.418 e. The van der Waals surface area contributed by atoms with Crippen molar-refractivity contribution < 1.29 is 14.0 Å². The molecule has 5 nitrogen and oxygen atoms in total. The third-order valence-electron chi connectivity index (χ3n) is 2.38. The maximum absolute atomic E-state index is 11.2. The average Bonchev–Trinajstić information content (AvgIpc) is 2.12. The van der Waals surface area contributed by atoms with Crippen molar-refractivity contribution in [2.24, 2.45) is 17.4 Å². The van der Waals surface area contributed by atoms with Crippen LogP contribution in [0.4, 0.5) is 0 Å². The number of amides is 2. The van der Waals surface area contributed by atoms with Gasteiger partial charge in [-0.3, -0.25) is 9.59 Å². The molecule has 0 aliphatic rings. The van der Waals surface area contributed by atoms with Gasteiger partial charge >= 0.3 is 0 Å².